The van der Waals surface area contributed by atoms with Gasteiger partial charge < -0.3 is 14.8 Å². The molecular weight excluding hydrogens is 440 g/mol. The lowest BCUT2D eigenvalue weighted by Crippen LogP contribution is -2.33. The van der Waals surface area contributed by atoms with Crippen LogP contribution >= 0.6 is 0 Å². The number of hydrogen-bond acceptors (Lipinski definition) is 3. The second kappa shape index (κ2) is 9.05. The van der Waals surface area contributed by atoms with Gasteiger partial charge in [-0.2, -0.15) is 0 Å². The van der Waals surface area contributed by atoms with Gasteiger partial charge in [0, 0.05) is 55.7 Å². The molecule has 2 aromatic carbocycles. The second-order valence-corrected chi connectivity index (χ2v) is 8.34. The molecule has 0 saturated carbocycles. The average molecular weight is 463 g/mol. The Morgan fingerprint density at radius 2 is 1.74 bits per heavy atom. The van der Waals surface area contributed by atoms with Gasteiger partial charge in [0.15, 0.2) is 0 Å². The Bertz CT molecular complexity index is 1380. The molecule has 34 heavy (non-hydrogen) atoms. The van der Waals surface area contributed by atoms with Crippen molar-refractivity contribution in [2.24, 2.45) is 7.05 Å². The van der Waals surface area contributed by atoms with E-state index in [2.05, 4.69) is 5.32 Å². The number of aromatic nitrogens is 1. The van der Waals surface area contributed by atoms with E-state index in [1.807, 2.05) is 0 Å². The topological polar surface area (TPSA) is 71.4 Å². The number of benzene rings is 2. The Kier molecular flexibility index (Phi) is 6.15. The monoisotopic (exact) mass is 463 g/mol. The molecular formula is C26H23F2N3O3. The van der Waals surface area contributed by atoms with Gasteiger partial charge in [0.1, 0.15) is 11.6 Å². The number of carbonyl (C=O) groups is 2. The van der Waals surface area contributed by atoms with Crippen LogP contribution in [0.4, 0.5) is 14.5 Å². The van der Waals surface area contributed by atoms with Crippen molar-refractivity contribution in [2.45, 2.75) is 19.3 Å². The highest BCUT2D eigenvalue weighted by Gasteiger charge is 2.31. The van der Waals surface area contributed by atoms with E-state index in [9.17, 15) is 23.2 Å². The van der Waals surface area contributed by atoms with E-state index in [1.54, 1.807) is 45.4 Å². The molecule has 0 fully saturated rings. The molecule has 1 aliphatic heterocycles. The minimum atomic E-state index is -0.579. The summed E-state index contributed by atoms with van der Waals surface area (Å²) in [4.78, 5) is 39.5. The lowest BCUT2D eigenvalue weighted by atomic mass is 9.85. The zero-order chi connectivity index (χ0) is 24.6. The molecule has 2 amide bonds. The molecule has 0 bridgehead atoms. The second-order valence-electron chi connectivity index (χ2n) is 8.34. The molecule has 0 spiro atoms. The van der Waals surface area contributed by atoms with E-state index in [4.69, 9.17) is 0 Å². The third kappa shape index (κ3) is 4.39. The largest absolute Gasteiger partial charge is 0.322 e. The van der Waals surface area contributed by atoms with E-state index >= 15 is 0 Å². The normalized spacial score (nSPS) is 15.8. The van der Waals surface area contributed by atoms with Crippen LogP contribution in [0.3, 0.4) is 0 Å². The van der Waals surface area contributed by atoms with Gasteiger partial charge in [0.2, 0.25) is 5.91 Å². The van der Waals surface area contributed by atoms with Crippen molar-refractivity contribution in [3.05, 3.63) is 99.6 Å². The summed E-state index contributed by atoms with van der Waals surface area (Å²) in [5, 5.41) is 2.80. The number of rotatable bonds is 4. The molecule has 1 N–H and O–H groups in total. The maximum Gasteiger partial charge on any atom is 0.258 e. The van der Waals surface area contributed by atoms with E-state index in [1.165, 1.54) is 46.0 Å². The summed E-state index contributed by atoms with van der Waals surface area (Å²) < 4.78 is 29.6. The fourth-order valence-corrected chi connectivity index (χ4v) is 4.02. The molecule has 2 heterocycles. The highest BCUT2D eigenvalue weighted by Crippen LogP contribution is 2.34. The zero-order valence-electron chi connectivity index (χ0n) is 18.9. The average Bonchev–Trinajstić information content (AvgIpc) is 2.80. The number of nitrogens with zero attached hydrogens (tertiary/aromatic N) is 2. The number of aryl methyl sites for hydroxylation is 2. The number of carbonyl (C=O) groups excluding carboxylic acids is 2. The number of hydrogen-bond donors (Lipinski definition) is 1. The van der Waals surface area contributed by atoms with Gasteiger partial charge in [0.25, 0.3) is 11.5 Å². The molecule has 4 rings (SSSR count). The van der Waals surface area contributed by atoms with Gasteiger partial charge in [-0.15, -0.1) is 0 Å². The summed E-state index contributed by atoms with van der Waals surface area (Å²) in [6, 6.07) is 11.5. The first-order valence-electron chi connectivity index (χ1n) is 10.7. The van der Waals surface area contributed by atoms with Crippen molar-refractivity contribution in [2.75, 3.05) is 12.4 Å². The minimum Gasteiger partial charge on any atom is -0.322 e. The third-order valence-corrected chi connectivity index (χ3v) is 5.99. The van der Waals surface area contributed by atoms with Crippen LogP contribution in [0.1, 0.15) is 23.5 Å². The van der Waals surface area contributed by atoms with E-state index in [0.717, 1.165) is 0 Å². The molecule has 174 valence electrons. The SMILES string of the molecule is Cc1cc(F)c(-c2cccn(C)c2=O)cc1NC(=O)C1=CN(C)C(=O)CC1c1ccc(F)cc1. The molecule has 1 aliphatic rings. The van der Waals surface area contributed by atoms with Crippen molar-refractivity contribution < 1.29 is 18.4 Å². The van der Waals surface area contributed by atoms with Crippen LogP contribution in [0.2, 0.25) is 0 Å². The lowest BCUT2D eigenvalue weighted by Gasteiger charge is -2.28. The number of halogens is 2. The lowest BCUT2D eigenvalue weighted by molar-refractivity contribution is -0.128. The molecule has 1 aromatic heterocycles. The predicted octanol–water partition coefficient (Wildman–Crippen LogP) is 4.11. The van der Waals surface area contributed by atoms with E-state index < -0.39 is 23.5 Å². The van der Waals surface area contributed by atoms with Crippen LogP contribution in [-0.4, -0.2) is 28.3 Å². The van der Waals surface area contributed by atoms with Crippen LogP contribution in [0, 0.1) is 18.6 Å². The Balaban J connectivity index is 1.71. The summed E-state index contributed by atoms with van der Waals surface area (Å²) in [6.07, 6.45) is 3.08. The highest BCUT2D eigenvalue weighted by atomic mass is 19.1. The van der Waals surface area contributed by atoms with Crippen LogP contribution in [-0.2, 0) is 16.6 Å². The molecule has 8 heteroatoms. The highest BCUT2D eigenvalue weighted by molar-refractivity contribution is 6.07. The summed E-state index contributed by atoms with van der Waals surface area (Å²) >= 11 is 0. The summed E-state index contributed by atoms with van der Waals surface area (Å²) in [5.41, 5.74) is 1.64. The molecule has 0 radical (unpaired) electrons. The Morgan fingerprint density at radius 3 is 2.44 bits per heavy atom. The first-order chi connectivity index (χ1) is 16.2. The fraction of sp³-hybridized carbons (Fsp3) is 0.192. The van der Waals surface area contributed by atoms with Gasteiger partial charge in [-0.3, -0.25) is 14.4 Å². The first kappa shape index (κ1) is 23.1. The maximum atomic E-state index is 14.8. The number of nitrogens with one attached hydrogen (secondary N) is 1. The van der Waals surface area contributed by atoms with Crippen molar-refractivity contribution in [3.8, 4) is 11.1 Å². The van der Waals surface area contributed by atoms with Crippen molar-refractivity contribution >= 4 is 17.5 Å². The van der Waals surface area contributed by atoms with E-state index in [0.29, 0.717) is 22.4 Å². The molecule has 6 nitrogen and oxygen atoms in total. The van der Waals surface area contributed by atoms with Crippen molar-refractivity contribution in [1.29, 1.82) is 0 Å². The Labute approximate surface area is 195 Å². The molecule has 0 saturated heterocycles. The van der Waals surface area contributed by atoms with Gasteiger partial charge >= 0.3 is 0 Å². The van der Waals surface area contributed by atoms with E-state index in [-0.39, 0.29) is 29.0 Å². The fourth-order valence-electron chi connectivity index (χ4n) is 4.02. The van der Waals surface area contributed by atoms with Crippen LogP contribution < -0.4 is 10.9 Å². The smallest absolute Gasteiger partial charge is 0.258 e. The zero-order valence-corrected chi connectivity index (χ0v) is 18.9. The van der Waals surface area contributed by atoms with Crippen molar-refractivity contribution in [1.82, 2.24) is 9.47 Å². The van der Waals surface area contributed by atoms with Gasteiger partial charge in [-0.05, 0) is 54.4 Å². The standard InChI is InChI=1S/C26H23F2N3O3/c1-15-11-22(28)20(18-5-4-10-30(2)26(18)34)12-23(15)29-25(33)21-14-31(3)24(32)13-19(21)16-6-8-17(27)9-7-16/h4-12,14,19H,13H2,1-3H3,(H,29,33). The summed E-state index contributed by atoms with van der Waals surface area (Å²) in [7, 11) is 3.13. The minimum absolute atomic E-state index is 0.0507. The van der Waals surface area contributed by atoms with Crippen LogP contribution in [0.5, 0.6) is 0 Å². The van der Waals surface area contributed by atoms with Gasteiger partial charge in [-0.25, -0.2) is 8.78 Å². The maximum absolute atomic E-state index is 14.8. The molecule has 3 aromatic rings. The molecule has 1 unspecified atom stereocenters. The van der Waals surface area contributed by atoms with Gasteiger partial charge in [-0.1, -0.05) is 12.1 Å². The number of amides is 2. The Hall–Kier alpha value is -4.07. The number of anilines is 1. The van der Waals surface area contributed by atoms with Crippen LogP contribution in [0.15, 0.2) is 71.3 Å². The summed E-state index contributed by atoms with van der Waals surface area (Å²) in [6.45, 7) is 1.65. The quantitative estimate of drug-likeness (QED) is 0.633. The molecule has 0 aliphatic carbocycles. The predicted molar refractivity (Wildman–Crippen MR) is 125 cm³/mol. The molecule has 1 atom stereocenters. The van der Waals surface area contributed by atoms with Gasteiger partial charge in [0.05, 0.1) is 5.56 Å². The summed E-state index contributed by atoms with van der Waals surface area (Å²) in [5.74, 6) is -2.21. The first-order valence-corrected chi connectivity index (χ1v) is 10.7. The number of pyridine rings is 1. The van der Waals surface area contributed by atoms with Crippen molar-refractivity contribution in [3.63, 3.8) is 0 Å². The van der Waals surface area contributed by atoms with Crippen LogP contribution in [0.25, 0.3) is 11.1 Å². The Morgan fingerprint density at radius 1 is 1.03 bits per heavy atom. The third-order valence-electron chi connectivity index (χ3n) is 5.99.